The normalized spacial score (nSPS) is 11.5. The molecule has 0 saturated carbocycles. The van der Waals surface area contributed by atoms with Crippen molar-refractivity contribution in [2.45, 2.75) is 26.4 Å². The topological polar surface area (TPSA) is 84.1 Å². The van der Waals surface area contributed by atoms with Gasteiger partial charge in [-0.25, -0.2) is 14.6 Å². The number of ether oxygens (including phenoxy) is 1. The molecule has 0 atom stereocenters. The first-order valence-corrected chi connectivity index (χ1v) is 5.55. The molecule has 0 spiro atoms. The maximum Gasteiger partial charge on any atom is 0.407 e. The Labute approximate surface area is 105 Å². The second-order valence-corrected chi connectivity index (χ2v) is 4.64. The number of aromatic nitrogens is 2. The number of nitrogens with one attached hydrogen (secondary N) is 2. The zero-order valence-electron chi connectivity index (χ0n) is 10.7. The molecular formula is C12H17N3O3. The van der Waals surface area contributed by atoms with Gasteiger partial charge in [-0.15, -0.1) is 0 Å². The molecule has 0 radical (unpaired) electrons. The fraction of sp³-hybridized carbons (Fsp3) is 0.417. The third kappa shape index (κ3) is 5.83. The summed E-state index contributed by atoms with van der Waals surface area (Å²) in [5.74, 6) is 0. The number of hydrogen-bond acceptors (Lipinski definition) is 4. The van der Waals surface area contributed by atoms with Crippen molar-refractivity contribution in [2.75, 3.05) is 6.54 Å². The molecule has 0 aliphatic carbocycles. The van der Waals surface area contributed by atoms with Gasteiger partial charge < -0.3 is 15.0 Å². The number of hydrogen-bond donors (Lipinski definition) is 2. The largest absolute Gasteiger partial charge is 0.444 e. The molecule has 0 aromatic carbocycles. The van der Waals surface area contributed by atoms with Gasteiger partial charge >= 0.3 is 11.8 Å². The van der Waals surface area contributed by atoms with E-state index in [4.69, 9.17) is 4.74 Å². The highest BCUT2D eigenvalue weighted by Gasteiger charge is 2.14. The number of rotatable bonds is 3. The van der Waals surface area contributed by atoms with E-state index in [-0.39, 0.29) is 5.69 Å². The summed E-state index contributed by atoms with van der Waals surface area (Å²) in [5, 5.41) is 2.58. The summed E-state index contributed by atoms with van der Waals surface area (Å²) >= 11 is 0. The number of amides is 1. The monoisotopic (exact) mass is 251 g/mol. The minimum Gasteiger partial charge on any atom is -0.444 e. The van der Waals surface area contributed by atoms with Crippen LogP contribution in [0.15, 0.2) is 23.3 Å². The number of nitrogens with zero attached hydrogens (tertiary/aromatic N) is 1. The van der Waals surface area contributed by atoms with Crippen LogP contribution in [-0.4, -0.2) is 28.2 Å². The van der Waals surface area contributed by atoms with Gasteiger partial charge in [0.15, 0.2) is 0 Å². The van der Waals surface area contributed by atoms with Crippen LogP contribution in [0.25, 0.3) is 6.08 Å². The Bertz CT molecular complexity index is 466. The van der Waals surface area contributed by atoms with Crippen LogP contribution < -0.4 is 11.0 Å². The Morgan fingerprint density at radius 2 is 2.28 bits per heavy atom. The van der Waals surface area contributed by atoms with Crippen LogP contribution in [0.4, 0.5) is 4.79 Å². The highest BCUT2D eigenvalue weighted by atomic mass is 16.6. The zero-order chi connectivity index (χ0) is 13.6. The van der Waals surface area contributed by atoms with Gasteiger partial charge in [0.25, 0.3) is 0 Å². The average Bonchev–Trinajstić information content (AvgIpc) is 2.24. The Morgan fingerprint density at radius 1 is 1.56 bits per heavy atom. The van der Waals surface area contributed by atoms with E-state index in [0.717, 1.165) is 5.56 Å². The summed E-state index contributed by atoms with van der Waals surface area (Å²) in [6.07, 6.45) is 5.99. The van der Waals surface area contributed by atoms with Gasteiger partial charge in [0.05, 0.1) is 0 Å². The Hall–Kier alpha value is -2.11. The minimum atomic E-state index is -0.503. The number of aromatic amines is 1. The van der Waals surface area contributed by atoms with Crippen LogP contribution in [0, 0.1) is 0 Å². The van der Waals surface area contributed by atoms with E-state index in [1.54, 1.807) is 39.1 Å². The molecule has 0 unspecified atom stereocenters. The lowest BCUT2D eigenvalue weighted by atomic mass is 10.2. The maximum atomic E-state index is 11.3. The van der Waals surface area contributed by atoms with Crippen molar-refractivity contribution in [1.82, 2.24) is 15.3 Å². The second kappa shape index (κ2) is 6.00. The molecule has 0 fully saturated rings. The molecule has 98 valence electrons. The van der Waals surface area contributed by atoms with E-state index in [9.17, 15) is 9.59 Å². The highest BCUT2D eigenvalue weighted by molar-refractivity contribution is 5.68. The van der Waals surface area contributed by atoms with Crippen molar-refractivity contribution < 1.29 is 9.53 Å². The average molecular weight is 251 g/mol. The fourth-order valence-corrected chi connectivity index (χ4v) is 1.10. The first-order valence-electron chi connectivity index (χ1n) is 5.55. The lowest BCUT2D eigenvalue weighted by Gasteiger charge is -2.19. The molecule has 1 aromatic rings. The predicted octanol–water partition coefficient (Wildman–Crippen LogP) is 1.31. The Morgan fingerprint density at radius 3 is 2.83 bits per heavy atom. The standard InChI is InChI=1S/C12H17N3O3/c1-12(2,3)18-11(17)13-6-4-5-9-7-14-10(16)15-8-9/h4-5,7-8H,6H2,1-3H3,(H,13,17)(H,14,15,16). The van der Waals surface area contributed by atoms with E-state index in [1.165, 1.54) is 6.20 Å². The van der Waals surface area contributed by atoms with E-state index in [1.807, 2.05) is 0 Å². The van der Waals surface area contributed by atoms with Crippen LogP contribution in [0.1, 0.15) is 26.3 Å². The molecule has 0 bridgehead atoms. The van der Waals surface area contributed by atoms with E-state index < -0.39 is 11.7 Å². The Kier molecular flexibility index (Phi) is 4.65. The number of H-pyrrole nitrogens is 1. The quantitative estimate of drug-likeness (QED) is 0.848. The van der Waals surface area contributed by atoms with Crippen molar-refractivity contribution in [3.63, 3.8) is 0 Å². The Balaban J connectivity index is 2.35. The van der Waals surface area contributed by atoms with E-state index in [0.29, 0.717) is 6.54 Å². The van der Waals surface area contributed by atoms with Crippen LogP contribution in [0.3, 0.4) is 0 Å². The van der Waals surface area contributed by atoms with Crippen molar-refractivity contribution in [3.05, 3.63) is 34.5 Å². The third-order valence-corrected chi connectivity index (χ3v) is 1.77. The summed E-state index contributed by atoms with van der Waals surface area (Å²) in [4.78, 5) is 28.0. The van der Waals surface area contributed by atoms with Crippen LogP contribution in [0.5, 0.6) is 0 Å². The van der Waals surface area contributed by atoms with Crippen molar-refractivity contribution in [3.8, 4) is 0 Å². The number of carbonyl (C=O) groups is 1. The summed E-state index contributed by atoms with van der Waals surface area (Å²) in [6, 6.07) is 0. The van der Waals surface area contributed by atoms with Crippen molar-refractivity contribution in [1.29, 1.82) is 0 Å². The first kappa shape index (κ1) is 14.0. The second-order valence-electron chi connectivity index (χ2n) is 4.64. The molecule has 1 rings (SSSR count). The SMILES string of the molecule is CC(C)(C)OC(=O)NCC=Cc1cnc(=O)[nH]c1. The first-order chi connectivity index (χ1) is 8.37. The zero-order valence-corrected chi connectivity index (χ0v) is 10.7. The van der Waals surface area contributed by atoms with E-state index >= 15 is 0 Å². The van der Waals surface area contributed by atoms with Gasteiger partial charge in [0, 0.05) is 24.5 Å². The summed E-state index contributed by atoms with van der Waals surface area (Å²) in [5.41, 5.74) is -0.143. The number of carbonyl (C=O) groups excluding carboxylic acids is 1. The fourth-order valence-electron chi connectivity index (χ4n) is 1.10. The molecule has 6 heteroatoms. The van der Waals surface area contributed by atoms with Crippen LogP contribution in [-0.2, 0) is 4.74 Å². The molecule has 1 heterocycles. The summed E-state index contributed by atoms with van der Waals surface area (Å²) in [7, 11) is 0. The van der Waals surface area contributed by atoms with Gasteiger partial charge in [0.1, 0.15) is 5.60 Å². The van der Waals surface area contributed by atoms with Gasteiger partial charge in [0.2, 0.25) is 0 Å². The predicted molar refractivity (Wildman–Crippen MR) is 68.1 cm³/mol. The van der Waals surface area contributed by atoms with Gasteiger partial charge in [-0.05, 0) is 20.8 Å². The van der Waals surface area contributed by atoms with Crippen LogP contribution >= 0.6 is 0 Å². The lowest BCUT2D eigenvalue weighted by molar-refractivity contribution is 0.0534. The summed E-state index contributed by atoms with van der Waals surface area (Å²) < 4.78 is 5.06. The minimum absolute atomic E-state index is 0.341. The molecule has 6 nitrogen and oxygen atoms in total. The third-order valence-electron chi connectivity index (χ3n) is 1.77. The molecule has 0 saturated heterocycles. The summed E-state index contributed by atoms with van der Waals surface area (Å²) in [6.45, 7) is 5.74. The van der Waals surface area contributed by atoms with E-state index in [2.05, 4.69) is 15.3 Å². The highest BCUT2D eigenvalue weighted by Crippen LogP contribution is 2.06. The number of alkyl carbamates (subject to hydrolysis) is 1. The smallest absolute Gasteiger partial charge is 0.407 e. The van der Waals surface area contributed by atoms with Gasteiger partial charge in [-0.3, -0.25) is 0 Å². The molecule has 1 amide bonds. The maximum absolute atomic E-state index is 11.3. The van der Waals surface area contributed by atoms with Gasteiger partial charge in [-0.2, -0.15) is 0 Å². The molecule has 0 aliphatic heterocycles. The van der Waals surface area contributed by atoms with Crippen molar-refractivity contribution in [2.24, 2.45) is 0 Å². The molecule has 18 heavy (non-hydrogen) atoms. The van der Waals surface area contributed by atoms with Crippen LogP contribution in [0.2, 0.25) is 0 Å². The van der Waals surface area contributed by atoms with Gasteiger partial charge in [-0.1, -0.05) is 12.2 Å². The molecule has 2 N–H and O–H groups in total. The van der Waals surface area contributed by atoms with Crippen molar-refractivity contribution >= 4 is 12.2 Å². The molecule has 0 aliphatic rings. The molecular weight excluding hydrogens is 234 g/mol. The molecule has 1 aromatic heterocycles. The lowest BCUT2D eigenvalue weighted by Crippen LogP contribution is -2.32.